The highest BCUT2D eigenvalue weighted by atomic mass is 35.5. The minimum Gasteiger partial charge on any atom is -0.376 e. The fourth-order valence-corrected chi connectivity index (χ4v) is 5.76. The molecular weight excluding hydrogens is 513 g/mol. The molecule has 7 nitrogen and oxygen atoms in total. The summed E-state index contributed by atoms with van der Waals surface area (Å²) in [6.45, 7) is 4.98. The molecule has 5 atom stereocenters. The van der Waals surface area contributed by atoms with Gasteiger partial charge in [0.05, 0.1) is 31.5 Å². The predicted octanol–water partition coefficient (Wildman–Crippen LogP) is 4.93. The van der Waals surface area contributed by atoms with Gasteiger partial charge in [-0.1, -0.05) is 41.9 Å². The van der Waals surface area contributed by atoms with Gasteiger partial charge in [0, 0.05) is 36.6 Å². The van der Waals surface area contributed by atoms with E-state index in [0.29, 0.717) is 23.7 Å². The maximum absolute atomic E-state index is 14.5. The zero-order valence-electron chi connectivity index (χ0n) is 21.8. The predicted molar refractivity (Wildman–Crippen MR) is 139 cm³/mol. The van der Waals surface area contributed by atoms with Crippen LogP contribution in [0, 0.1) is 5.82 Å². The van der Waals surface area contributed by atoms with Crippen LogP contribution >= 0.6 is 11.6 Å². The topological polar surface area (TPSA) is 75.3 Å². The molecule has 0 bridgehead atoms. The van der Waals surface area contributed by atoms with Crippen molar-refractivity contribution in [2.24, 2.45) is 0 Å². The number of benzene rings is 2. The second-order valence-corrected chi connectivity index (χ2v) is 11.2. The largest absolute Gasteiger partial charge is 0.376 e. The second-order valence-electron chi connectivity index (χ2n) is 10.7. The highest BCUT2D eigenvalue weighted by molar-refractivity contribution is 6.30. The number of hydrogen-bond acceptors (Lipinski definition) is 6. The van der Waals surface area contributed by atoms with Gasteiger partial charge in [0.1, 0.15) is 11.9 Å². The number of carbonyl (C=O) groups is 1. The molecule has 5 rings (SSSR count). The van der Waals surface area contributed by atoms with Crippen LogP contribution in [-0.4, -0.2) is 54.9 Å². The van der Waals surface area contributed by atoms with Crippen molar-refractivity contribution in [3.05, 3.63) is 70.5 Å². The van der Waals surface area contributed by atoms with Gasteiger partial charge in [0.15, 0.2) is 11.4 Å². The number of halogens is 2. The van der Waals surface area contributed by atoms with Crippen LogP contribution in [0.1, 0.15) is 50.7 Å². The molecule has 1 amide bonds. The molecule has 2 heterocycles. The lowest BCUT2D eigenvalue weighted by atomic mass is 9.78. The van der Waals surface area contributed by atoms with Gasteiger partial charge in [-0.05, 0) is 50.5 Å². The maximum atomic E-state index is 14.5. The number of rotatable bonds is 9. The summed E-state index contributed by atoms with van der Waals surface area (Å²) in [7, 11) is 0. The van der Waals surface area contributed by atoms with E-state index in [2.05, 4.69) is 5.32 Å². The molecule has 38 heavy (non-hydrogen) atoms. The van der Waals surface area contributed by atoms with E-state index in [1.807, 2.05) is 32.0 Å². The summed E-state index contributed by atoms with van der Waals surface area (Å²) in [5.74, 6) is -1.51. The molecule has 2 aromatic rings. The fourth-order valence-electron chi connectivity index (χ4n) is 5.54. The van der Waals surface area contributed by atoms with E-state index in [0.717, 1.165) is 18.4 Å². The summed E-state index contributed by atoms with van der Waals surface area (Å²) in [6.07, 6.45) is 0.966. The first-order chi connectivity index (χ1) is 18.2. The lowest BCUT2D eigenvalue weighted by Gasteiger charge is -2.43. The summed E-state index contributed by atoms with van der Waals surface area (Å²) in [5.41, 5.74) is -0.0371. The molecule has 3 fully saturated rings. The molecule has 3 aliphatic rings. The Kier molecular flexibility index (Phi) is 8.38. The Morgan fingerprint density at radius 3 is 2.74 bits per heavy atom. The first-order valence-corrected chi connectivity index (χ1v) is 13.6. The van der Waals surface area contributed by atoms with Crippen LogP contribution < -0.4 is 5.32 Å². The summed E-state index contributed by atoms with van der Waals surface area (Å²) in [6, 6.07) is 13.8. The molecule has 0 spiro atoms. The molecule has 0 unspecified atom stereocenters. The number of fused-ring (bicyclic) bond motifs is 1. The summed E-state index contributed by atoms with van der Waals surface area (Å²) < 4.78 is 45.4. The average molecular weight is 548 g/mol. The number of carbonyl (C=O) groups excluding carboxylic acids is 1. The first kappa shape index (κ1) is 27.5. The number of nitrogens with one attached hydrogen (secondary N) is 1. The van der Waals surface area contributed by atoms with Crippen LogP contribution in [-0.2, 0) is 41.7 Å². The molecule has 2 aromatic carbocycles. The van der Waals surface area contributed by atoms with Crippen LogP contribution in [0.25, 0.3) is 0 Å². The molecule has 2 aliphatic heterocycles. The zero-order chi connectivity index (χ0) is 26.8. The zero-order valence-corrected chi connectivity index (χ0v) is 22.5. The van der Waals surface area contributed by atoms with Gasteiger partial charge in [-0.2, -0.15) is 0 Å². The molecular formula is C29H35ClFNO6. The molecule has 206 valence electrons. The van der Waals surface area contributed by atoms with Crippen molar-refractivity contribution in [2.45, 2.75) is 88.5 Å². The van der Waals surface area contributed by atoms with Crippen molar-refractivity contribution in [2.75, 3.05) is 13.2 Å². The summed E-state index contributed by atoms with van der Waals surface area (Å²) in [4.78, 5) is 13.8. The van der Waals surface area contributed by atoms with Crippen LogP contribution in [0.3, 0.4) is 0 Å². The van der Waals surface area contributed by atoms with E-state index >= 15 is 0 Å². The van der Waals surface area contributed by atoms with Gasteiger partial charge in [-0.3, -0.25) is 4.79 Å². The second kappa shape index (κ2) is 11.6. The Morgan fingerprint density at radius 2 is 1.97 bits per heavy atom. The van der Waals surface area contributed by atoms with Crippen molar-refractivity contribution in [3.8, 4) is 0 Å². The quantitative estimate of drug-likeness (QED) is 0.480. The normalized spacial score (nSPS) is 30.2. The molecule has 2 saturated heterocycles. The smallest absolute Gasteiger partial charge is 0.252 e. The van der Waals surface area contributed by atoms with Crippen molar-refractivity contribution in [1.29, 1.82) is 0 Å². The van der Waals surface area contributed by atoms with Gasteiger partial charge in [-0.25, -0.2) is 4.39 Å². The summed E-state index contributed by atoms with van der Waals surface area (Å²) in [5, 5.41) is 3.65. The van der Waals surface area contributed by atoms with Crippen LogP contribution in [0.4, 0.5) is 4.39 Å². The lowest BCUT2D eigenvalue weighted by molar-refractivity contribution is -0.184. The Balaban J connectivity index is 1.40. The van der Waals surface area contributed by atoms with E-state index in [4.69, 9.17) is 35.3 Å². The minimum absolute atomic E-state index is 0.0289. The minimum atomic E-state index is -1.31. The SMILES string of the molecule is CC1(C)O[C@H]2[C@H](OCc3cccc(Cl)c3)C[C@](OCc3ccccc3F)(C(=O)NC[C@@H]3CCCO3)C[C@H]2O1. The van der Waals surface area contributed by atoms with Gasteiger partial charge in [0.25, 0.3) is 5.91 Å². The third-order valence-electron chi connectivity index (χ3n) is 7.39. The number of ether oxygens (including phenoxy) is 5. The molecule has 1 saturated carbocycles. The van der Waals surface area contributed by atoms with Crippen LogP contribution in [0.5, 0.6) is 0 Å². The van der Waals surface area contributed by atoms with Crippen LogP contribution in [0.2, 0.25) is 5.02 Å². The molecule has 1 N–H and O–H groups in total. The Morgan fingerprint density at radius 1 is 1.13 bits per heavy atom. The van der Waals surface area contributed by atoms with E-state index in [1.165, 1.54) is 6.07 Å². The van der Waals surface area contributed by atoms with Crippen molar-refractivity contribution in [3.63, 3.8) is 0 Å². The Labute approximate surface area is 227 Å². The number of amides is 1. The van der Waals surface area contributed by atoms with Crippen LogP contribution in [0.15, 0.2) is 48.5 Å². The van der Waals surface area contributed by atoms with Gasteiger partial charge in [-0.15, -0.1) is 0 Å². The average Bonchev–Trinajstić information content (AvgIpc) is 3.51. The molecule has 0 aromatic heterocycles. The highest BCUT2D eigenvalue weighted by Gasteiger charge is 2.58. The van der Waals surface area contributed by atoms with Crippen molar-refractivity contribution >= 4 is 17.5 Å². The Hall–Kier alpha value is -2.07. The molecule has 1 aliphatic carbocycles. The van der Waals surface area contributed by atoms with E-state index in [-0.39, 0.29) is 50.0 Å². The van der Waals surface area contributed by atoms with E-state index in [9.17, 15) is 9.18 Å². The molecule has 9 heteroatoms. The van der Waals surface area contributed by atoms with Gasteiger partial charge >= 0.3 is 0 Å². The maximum Gasteiger partial charge on any atom is 0.252 e. The van der Waals surface area contributed by atoms with Crippen molar-refractivity contribution in [1.82, 2.24) is 5.32 Å². The third-order valence-corrected chi connectivity index (χ3v) is 7.63. The standard InChI is InChI=1S/C29H35ClFNO6/c1-28(2)37-25-15-29(27(33)32-16-22-10-6-12-34-22,36-18-20-8-3-4-11-23(20)31)14-24(26(25)38-28)35-17-19-7-5-9-21(30)13-19/h3-5,7-9,11,13,22,24-26H,6,10,12,14-18H2,1-2H3,(H,32,33)/t22-,24+,25+,26-,29+/m0/s1. The first-order valence-electron chi connectivity index (χ1n) is 13.2. The molecule has 0 radical (unpaired) electrons. The number of hydrogen-bond donors (Lipinski definition) is 1. The van der Waals surface area contributed by atoms with Crippen molar-refractivity contribution < 1.29 is 32.9 Å². The van der Waals surface area contributed by atoms with Gasteiger partial charge < -0.3 is 29.0 Å². The fraction of sp³-hybridized carbons (Fsp3) is 0.552. The monoisotopic (exact) mass is 547 g/mol. The Bertz CT molecular complexity index is 1130. The van der Waals surface area contributed by atoms with E-state index in [1.54, 1.807) is 24.3 Å². The highest BCUT2D eigenvalue weighted by Crippen LogP contribution is 2.44. The third kappa shape index (κ3) is 6.38. The lowest BCUT2D eigenvalue weighted by Crippen LogP contribution is -2.60. The van der Waals surface area contributed by atoms with E-state index < -0.39 is 23.6 Å². The summed E-state index contributed by atoms with van der Waals surface area (Å²) >= 11 is 6.17. The van der Waals surface area contributed by atoms with Gasteiger partial charge in [0.2, 0.25) is 0 Å².